The van der Waals surface area contributed by atoms with Crippen LogP contribution in [-0.2, 0) is 6.42 Å². The first-order valence-electron chi connectivity index (χ1n) is 9.97. The van der Waals surface area contributed by atoms with Gasteiger partial charge in [-0.1, -0.05) is 42.2 Å². The van der Waals surface area contributed by atoms with Gasteiger partial charge in [0.05, 0.1) is 32.9 Å². The molecule has 0 bridgehead atoms. The van der Waals surface area contributed by atoms with E-state index in [2.05, 4.69) is 47.5 Å². The van der Waals surface area contributed by atoms with Crippen LogP contribution in [0.15, 0.2) is 60.7 Å². The number of rotatable bonds is 4. The minimum Gasteiger partial charge on any atom is -0.495 e. The summed E-state index contributed by atoms with van der Waals surface area (Å²) in [5.41, 5.74) is 5.48. The Morgan fingerprint density at radius 1 is 0.733 bits per heavy atom. The summed E-state index contributed by atoms with van der Waals surface area (Å²) in [5, 5.41) is 3.65. The molecule has 3 aromatic rings. The fraction of sp³-hybridized carbons (Fsp3) is 0.231. The van der Waals surface area contributed by atoms with Crippen LogP contribution in [0.4, 0.5) is 0 Å². The molecule has 0 spiro atoms. The second-order valence-electron chi connectivity index (χ2n) is 7.08. The van der Waals surface area contributed by atoms with Gasteiger partial charge < -0.3 is 19.5 Å². The van der Waals surface area contributed by atoms with Gasteiger partial charge in [0, 0.05) is 12.1 Å². The van der Waals surface area contributed by atoms with E-state index < -0.39 is 0 Å². The van der Waals surface area contributed by atoms with Crippen molar-refractivity contribution in [2.45, 2.75) is 12.5 Å². The summed E-state index contributed by atoms with van der Waals surface area (Å²) in [6.07, 6.45) is 0.946. The molecule has 4 heteroatoms. The molecule has 4 rings (SSSR count). The third-order valence-electron chi connectivity index (χ3n) is 5.41. The number of benzene rings is 3. The van der Waals surface area contributed by atoms with Crippen LogP contribution in [-0.4, -0.2) is 27.9 Å². The third-order valence-corrected chi connectivity index (χ3v) is 5.41. The minimum absolute atomic E-state index is 0.0386. The van der Waals surface area contributed by atoms with Crippen LogP contribution in [0.1, 0.15) is 33.9 Å². The van der Waals surface area contributed by atoms with Crippen LogP contribution in [0.3, 0.4) is 0 Å². The maximum absolute atomic E-state index is 5.55. The molecular formula is C26H25NO3. The van der Waals surface area contributed by atoms with Crippen molar-refractivity contribution in [3.63, 3.8) is 0 Å². The summed E-state index contributed by atoms with van der Waals surface area (Å²) in [4.78, 5) is 0. The van der Waals surface area contributed by atoms with Gasteiger partial charge in [-0.2, -0.15) is 0 Å². The molecule has 0 saturated carbocycles. The fourth-order valence-corrected chi connectivity index (χ4v) is 3.91. The number of methoxy groups -OCH3 is 3. The lowest BCUT2D eigenvalue weighted by Crippen LogP contribution is -2.31. The summed E-state index contributed by atoms with van der Waals surface area (Å²) in [6.45, 7) is 0.890. The number of hydrogen-bond acceptors (Lipinski definition) is 4. The van der Waals surface area contributed by atoms with Crippen molar-refractivity contribution in [3.05, 3.63) is 88.5 Å². The Hall–Kier alpha value is -3.42. The first-order chi connectivity index (χ1) is 14.7. The lowest BCUT2D eigenvalue weighted by Gasteiger charge is -2.29. The lowest BCUT2D eigenvalue weighted by molar-refractivity contribution is 0.353. The summed E-state index contributed by atoms with van der Waals surface area (Å²) in [6, 6.07) is 20.3. The Morgan fingerprint density at radius 3 is 2.13 bits per heavy atom. The molecule has 0 radical (unpaired) electrons. The van der Waals surface area contributed by atoms with Crippen LogP contribution >= 0.6 is 0 Å². The summed E-state index contributed by atoms with van der Waals surface area (Å²) in [5.74, 6) is 8.92. The molecule has 30 heavy (non-hydrogen) atoms. The van der Waals surface area contributed by atoms with E-state index in [-0.39, 0.29) is 6.04 Å². The second-order valence-corrected chi connectivity index (χ2v) is 7.08. The molecule has 1 heterocycles. The van der Waals surface area contributed by atoms with E-state index in [1.807, 2.05) is 30.3 Å². The highest BCUT2D eigenvalue weighted by Gasteiger charge is 2.25. The molecule has 1 aliphatic rings. The largest absolute Gasteiger partial charge is 0.495 e. The van der Waals surface area contributed by atoms with E-state index in [1.54, 1.807) is 21.3 Å². The number of para-hydroxylation sites is 1. The van der Waals surface area contributed by atoms with Crippen LogP contribution in [0, 0.1) is 11.8 Å². The standard InChI is InChI=1S/C26H25NO3/c1-28-23-11-7-5-9-19(23)13-12-18-8-4-6-10-21(18)26-22-17-25(30-3)24(29-2)16-20(22)14-15-27-26/h4-11,16-17,26-27H,14-15H2,1-3H3. The van der Waals surface area contributed by atoms with E-state index in [0.29, 0.717) is 0 Å². The molecule has 0 amide bonds. The van der Waals surface area contributed by atoms with E-state index in [9.17, 15) is 0 Å². The molecule has 0 saturated heterocycles. The fourth-order valence-electron chi connectivity index (χ4n) is 3.91. The number of fused-ring (bicyclic) bond motifs is 1. The zero-order chi connectivity index (χ0) is 20.9. The summed E-state index contributed by atoms with van der Waals surface area (Å²) < 4.78 is 16.5. The van der Waals surface area contributed by atoms with E-state index in [1.165, 1.54) is 11.1 Å². The van der Waals surface area contributed by atoms with Gasteiger partial charge >= 0.3 is 0 Å². The Balaban J connectivity index is 1.77. The molecule has 1 unspecified atom stereocenters. The topological polar surface area (TPSA) is 39.7 Å². The molecule has 0 aliphatic carbocycles. The third kappa shape index (κ3) is 3.85. The van der Waals surface area contributed by atoms with Crippen LogP contribution in [0.25, 0.3) is 0 Å². The Morgan fingerprint density at radius 2 is 1.37 bits per heavy atom. The van der Waals surface area contributed by atoms with Crippen LogP contribution in [0.5, 0.6) is 17.2 Å². The van der Waals surface area contributed by atoms with Gasteiger partial charge in [-0.3, -0.25) is 0 Å². The molecule has 1 aliphatic heterocycles. The Kier molecular flexibility index (Phi) is 5.92. The predicted molar refractivity (Wildman–Crippen MR) is 119 cm³/mol. The molecule has 1 N–H and O–H groups in total. The average Bonchev–Trinajstić information content (AvgIpc) is 2.81. The average molecular weight is 399 g/mol. The first kappa shape index (κ1) is 19.9. The maximum Gasteiger partial charge on any atom is 0.161 e. The van der Waals surface area contributed by atoms with Crippen molar-refractivity contribution >= 4 is 0 Å². The van der Waals surface area contributed by atoms with Crippen molar-refractivity contribution in [2.24, 2.45) is 0 Å². The van der Waals surface area contributed by atoms with Gasteiger partial charge in [0.15, 0.2) is 11.5 Å². The molecule has 0 fully saturated rings. The SMILES string of the molecule is COc1ccccc1C#Cc1ccccc1C1NCCc2cc(OC)c(OC)cc21. The molecule has 0 aromatic heterocycles. The highest BCUT2D eigenvalue weighted by atomic mass is 16.5. The zero-order valence-electron chi connectivity index (χ0n) is 17.5. The van der Waals surface area contributed by atoms with Gasteiger partial charge in [0.2, 0.25) is 0 Å². The maximum atomic E-state index is 5.55. The monoisotopic (exact) mass is 399 g/mol. The smallest absolute Gasteiger partial charge is 0.161 e. The Labute approximate surface area is 177 Å². The number of hydrogen-bond donors (Lipinski definition) is 1. The lowest BCUT2D eigenvalue weighted by atomic mass is 9.87. The van der Waals surface area contributed by atoms with Gasteiger partial charge in [0.25, 0.3) is 0 Å². The Bertz CT molecular complexity index is 1110. The van der Waals surface area contributed by atoms with Gasteiger partial charge in [0.1, 0.15) is 5.75 Å². The highest BCUT2D eigenvalue weighted by molar-refractivity contribution is 5.56. The van der Waals surface area contributed by atoms with E-state index in [4.69, 9.17) is 14.2 Å². The van der Waals surface area contributed by atoms with Crippen LogP contribution < -0.4 is 19.5 Å². The van der Waals surface area contributed by atoms with E-state index in [0.717, 1.165) is 46.9 Å². The van der Waals surface area contributed by atoms with E-state index >= 15 is 0 Å². The van der Waals surface area contributed by atoms with Crippen molar-refractivity contribution < 1.29 is 14.2 Å². The molecule has 3 aromatic carbocycles. The summed E-state index contributed by atoms with van der Waals surface area (Å²) >= 11 is 0. The normalized spacial score (nSPS) is 14.8. The number of ether oxygens (including phenoxy) is 3. The van der Waals surface area contributed by atoms with Gasteiger partial charge in [-0.15, -0.1) is 0 Å². The van der Waals surface area contributed by atoms with Gasteiger partial charge in [-0.05, 0) is 53.4 Å². The number of nitrogens with one attached hydrogen (secondary N) is 1. The second kappa shape index (κ2) is 8.94. The quantitative estimate of drug-likeness (QED) is 0.663. The predicted octanol–water partition coefficient (Wildman–Crippen LogP) is 4.35. The van der Waals surface area contributed by atoms with Crippen molar-refractivity contribution in [1.82, 2.24) is 5.32 Å². The van der Waals surface area contributed by atoms with Gasteiger partial charge in [-0.25, -0.2) is 0 Å². The van der Waals surface area contributed by atoms with Crippen molar-refractivity contribution in [2.75, 3.05) is 27.9 Å². The highest BCUT2D eigenvalue weighted by Crippen LogP contribution is 2.38. The van der Waals surface area contributed by atoms with Crippen molar-refractivity contribution in [1.29, 1.82) is 0 Å². The minimum atomic E-state index is 0.0386. The molecular weight excluding hydrogens is 374 g/mol. The molecule has 152 valence electrons. The first-order valence-corrected chi connectivity index (χ1v) is 9.97. The van der Waals surface area contributed by atoms with Crippen molar-refractivity contribution in [3.8, 4) is 29.1 Å². The zero-order valence-corrected chi connectivity index (χ0v) is 17.5. The summed E-state index contributed by atoms with van der Waals surface area (Å²) in [7, 11) is 5.01. The molecule has 4 nitrogen and oxygen atoms in total. The molecule has 1 atom stereocenters. The van der Waals surface area contributed by atoms with Crippen LogP contribution in [0.2, 0.25) is 0 Å².